The number of nitrogens with zero attached hydrogens (tertiary/aromatic N) is 1. The van der Waals surface area contributed by atoms with Gasteiger partial charge in [0.1, 0.15) is 5.75 Å². The van der Waals surface area contributed by atoms with E-state index in [1.54, 1.807) is 0 Å². The summed E-state index contributed by atoms with van der Waals surface area (Å²) < 4.78 is 5.46. The van der Waals surface area contributed by atoms with Crippen LogP contribution in [-0.4, -0.2) is 56.7 Å². The molecule has 1 fully saturated rings. The first kappa shape index (κ1) is 18.7. The van der Waals surface area contributed by atoms with Crippen LogP contribution in [-0.2, 0) is 4.79 Å². The van der Waals surface area contributed by atoms with Crippen molar-refractivity contribution in [2.24, 2.45) is 0 Å². The van der Waals surface area contributed by atoms with Gasteiger partial charge in [-0.05, 0) is 37.6 Å². The summed E-state index contributed by atoms with van der Waals surface area (Å²) in [5.74, 6) is 0.683. The number of benzene rings is 1. The minimum atomic E-state index is -0.0585. The maximum absolute atomic E-state index is 11.7. The number of ether oxygens (including phenoxy) is 1. The fourth-order valence-corrected chi connectivity index (χ4v) is 2.37. The van der Waals surface area contributed by atoms with E-state index in [0.29, 0.717) is 6.54 Å². The highest BCUT2D eigenvalue weighted by molar-refractivity contribution is 5.85. The third kappa shape index (κ3) is 7.11. The Kier molecular flexibility index (Phi) is 8.89. The van der Waals surface area contributed by atoms with E-state index in [-0.39, 0.29) is 24.9 Å². The summed E-state index contributed by atoms with van der Waals surface area (Å²) in [7, 11) is 0. The number of nitrogens with one attached hydrogen (secondary N) is 2. The summed E-state index contributed by atoms with van der Waals surface area (Å²) in [6, 6.07) is 7.72. The van der Waals surface area contributed by atoms with Crippen molar-refractivity contribution in [1.29, 1.82) is 0 Å². The third-order valence-electron chi connectivity index (χ3n) is 3.54. The number of hydrogen-bond donors (Lipinski definition) is 2. The second kappa shape index (κ2) is 10.4. The van der Waals surface area contributed by atoms with Gasteiger partial charge in [-0.3, -0.25) is 4.79 Å². The number of halogens is 1. The van der Waals surface area contributed by atoms with Gasteiger partial charge in [-0.25, -0.2) is 0 Å². The lowest BCUT2D eigenvalue weighted by molar-refractivity contribution is -0.123. The first-order valence-electron chi connectivity index (χ1n) is 7.63. The average Bonchev–Trinajstić information content (AvgIpc) is 2.51. The van der Waals surface area contributed by atoms with Crippen molar-refractivity contribution in [2.45, 2.75) is 13.3 Å². The third-order valence-corrected chi connectivity index (χ3v) is 3.54. The Bertz CT molecular complexity index is 451. The Balaban J connectivity index is 0.00000242. The van der Waals surface area contributed by atoms with Gasteiger partial charge in [0.05, 0.1) is 0 Å². The highest BCUT2D eigenvalue weighted by atomic mass is 35.5. The van der Waals surface area contributed by atoms with E-state index in [2.05, 4.69) is 15.5 Å². The summed E-state index contributed by atoms with van der Waals surface area (Å²) in [4.78, 5) is 14.1. The van der Waals surface area contributed by atoms with Crippen molar-refractivity contribution in [3.63, 3.8) is 0 Å². The minimum absolute atomic E-state index is 0. The van der Waals surface area contributed by atoms with E-state index in [9.17, 15) is 4.79 Å². The van der Waals surface area contributed by atoms with Crippen LogP contribution >= 0.6 is 12.4 Å². The van der Waals surface area contributed by atoms with Gasteiger partial charge in [0, 0.05) is 32.7 Å². The molecule has 22 heavy (non-hydrogen) atoms. The lowest BCUT2D eigenvalue weighted by atomic mass is 10.2. The van der Waals surface area contributed by atoms with Crippen LogP contribution in [0, 0.1) is 6.92 Å². The van der Waals surface area contributed by atoms with Crippen LogP contribution in [0.1, 0.15) is 12.0 Å². The molecule has 1 aliphatic rings. The summed E-state index contributed by atoms with van der Waals surface area (Å²) in [6.07, 6.45) is 0.982. The van der Waals surface area contributed by atoms with Crippen molar-refractivity contribution in [2.75, 3.05) is 45.9 Å². The number of hydrogen-bond acceptors (Lipinski definition) is 4. The molecule has 1 aromatic carbocycles. The maximum Gasteiger partial charge on any atom is 0.257 e. The fourth-order valence-electron chi connectivity index (χ4n) is 2.37. The van der Waals surface area contributed by atoms with Crippen molar-refractivity contribution in [3.8, 4) is 5.75 Å². The van der Waals surface area contributed by atoms with Crippen LogP contribution in [0.15, 0.2) is 24.3 Å². The van der Waals surface area contributed by atoms with Crippen LogP contribution in [0.4, 0.5) is 0 Å². The van der Waals surface area contributed by atoms with Crippen molar-refractivity contribution in [3.05, 3.63) is 29.8 Å². The Morgan fingerprint density at radius 1 is 1.36 bits per heavy atom. The van der Waals surface area contributed by atoms with Gasteiger partial charge in [-0.1, -0.05) is 12.1 Å². The van der Waals surface area contributed by atoms with Gasteiger partial charge in [0.2, 0.25) is 0 Å². The molecule has 0 aromatic heterocycles. The summed E-state index contributed by atoms with van der Waals surface area (Å²) in [5, 5.41) is 6.23. The normalized spacial score (nSPS) is 15.0. The SMILES string of the molecule is Cc1cccc(OCC(=O)NCCCN2CCNCC2)c1.Cl. The van der Waals surface area contributed by atoms with Gasteiger partial charge in [-0.2, -0.15) is 0 Å². The lowest BCUT2D eigenvalue weighted by Crippen LogP contribution is -2.44. The molecule has 6 heteroatoms. The van der Waals surface area contributed by atoms with E-state index < -0.39 is 0 Å². The first-order chi connectivity index (χ1) is 10.2. The number of piperazine rings is 1. The molecular formula is C16H26ClN3O2. The molecule has 1 aliphatic heterocycles. The van der Waals surface area contributed by atoms with Gasteiger partial charge in [0.25, 0.3) is 5.91 Å². The number of aryl methyl sites for hydroxylation is 1. The molecule has 0 spiro atoms. The molecule has 2 N–H and O–H groups in total. The Morgan fingerprint density at radius 3 is 2.86 bits per heavy atom. The molecule has 2 rings (SSSR count). The monoisotopic (exact) mass is 327 g/mol. The standard InChI is InChI=1S/C16H25N3O2.ClH/c1-14-4-2-5-15(12-14)21-13-16(20)18-6-3-9-19-10-7-17-8-11-19;/h2,4-5,12,17H,3,6-11,13H2,1H3,(H,18,20);1H. The van der Waals surface area contributed by atoms with Crippen molar-refractivity contribution >= 4 is 18.3 Å². The van der Waals surface area contributed by atoms with Gasteiger partial charge in [0.15, 0.2) is 6.61 Å². The van der Waals surface area contributed by atoms with Crippen LogP contribution in [0.25, 0.3) is 0 Å². The smallest absolute Gasteiger partial charge is 0.257 e. The van der Waals surface area contributed by atoms with Crippen molar-refractivity contribution in [1.82, 2.24) is 15.5 Å². The van der Waals surface area contributed by atoms with E-state index in [1.807, 2.05) is 31.2 Å². The summed E-state index contributed by atoms with van der Waals surface area (Å²) >= 11 is 0. The number of carbonyl (C=O) groups excluding carboxylic acids is 1. The quantitative estimate of drug-likeness (QED) is 0.739. The molecule has 1 saturated heterocycles. The zero-order valence-electron chi connectivity index (χ0n) is 13.1. The largest absolute Gasteiger partial charge is 0.484 e. The van der Waals surface area contributed by atoms with Crippen LogP contribution < -0.4 is 15.4 Å². The van der Waals surface area contributed by atoms with Crippen LogP contribution in [0.5, 0.6) is 5.75 Å². The topological polar surface area (TPSA) is 53.6 Å². The van der Waals surface area contributed by atoms with Gasteiger partial charge >= 0.3 is 0 Å². The summed E-state index contributed by atoms with van der Waals surface area (Å²) in [5.41, 5.74) is 1.13. The molecule has 0 bridgehead atoms. The molecule has 1 amide bonds. The highest BCUT2D eigenvalue weighted by Gasteiger charge is 2.08. The average molecular weight is 328 g/mol. The maximum atomic E-state index is 11.7. The van der Waals surface area contributed by atoms with E-state index in [1.165, 1.54) is 0 Å². The van der Waals surface area contributed by atoms with E-state index in [0.717, 1.165) is 50.5 Å². The molecule has 1 heterocycles. The molecule has 0 aliphatic carbocycles. The molecule has 0 atom stereocenters. The zero-order valence-corrected chi connectivity index (χ0v) is 14.0. The second-order valence-corrected chi connectivity index (χ2v) is 5.40. The second-order valence-electron chi connectivity index (χ2n) is 5.40. The predicted octanol–water partition coefficient (Wildman–Crippen LogP) is 1.21. The van der Waals surface area contributed by atoms with E-state index in [4.69, 9.17) is 4.74 Å². The Hall–Kier alpha value is -1.30. The molecule has 1 aromatic rings. The fraction of sp³-hybridized carbons (Fsp3) is 0.562. The molecular weight excluding hydrogens is 302 g/mol. The van der Waals surface area contributed by atoms with Crippen LogP contribution in [0.2, 0.25) is 0 Å². The minimum Gasteiger partial charge on any atom is -0.484 e. The number of carbonyl (C=O) groups is 1. The van der Waals surface area contributed by atoms with E-state index >= 15 is 0 Å². The molecule has 0 saturated carbocycles. The van der Waals surface area contributed by atoms with Crippen molar-refractivity contribution < 1.29 is 9.53 Å². The molecule has 5 nitrogen and oxygen atoms in total. The molecule has 124 valence electrons. The van der Waals surface area contributed by atoms with Crippen LogP contribution in [0.3, 0.4) is 0 Å². The zero-order chi connectivity index (χ0) is 14.9. The first-order valence-corrected chi connectivity index (χ1v) is 7.63. The number of amides is 1. The predicted molar refractivity (Wildman–Crippen MR) is 90.9 cm³/mol. The Labute approximate surface area is 138 Å². The van der Waals surface area contributed by atoms with Gasteiger partial charge in [-0.15, -0.1) is 12.4 Å². The summed E-state index contributed by atoms with van der Waals surface area (Å²) in [6.45, 7) is 8.17. The lowest BCUT2D eigenvalue weighted by Gasteiger charge is -2.27. The number of rotatable bonds is 7. The molecule has 0 radical (unpaired) electrons. The van der Waals surface area contributed by atoms with Gasteiger partial charge < -0.3 is 20.3 Å². The molecule has 0 unspecified atom stereocenters. The Morgan fingerprint density at radius 2 is 2.14 bits per heavy atom. The highest BCUT2D eigenvalue weighted by Crippen LogP contribution is 2.11.